The number of benzene rings is 2. The summed E-state index contributed by atoms with van der Waals surface area (Å²) in [4.78, 5) is 15.0. The summed E-state index contributed by atoms with van der Waals surface area (Å²) in [6, 6.07) is 25.9. The van der Waals surface area contributed by atoms with Gasteiger partial charge in [0.25, 0.3) is 0 Å². The first-order valence-corrected chi connectivity index (χ1v) is 12.1. The molecule has 0 spiro atoms. The van der Waals surface area contributed by atoms with Gasteiger partial charge in [-0.1, -0.05) is 54.6 Å². The van der Waals surface area contributed by atoms with Crippen LogP contribution in [0.1, 0.15) is 50.8 Å². The summed E-state index contributed by atoms with van der Waals surface area (Å²) < 4.78 is 8.00. The van der Waals surface area contributed by atoms with Gasteiger partial charge in [0, 0.05) is 31.1 Å². The predicted molar refractivity (Wildman–Crippen MR) is 136 cm³/mol. The minimum atomic E-state index is -0.975. The molecule has 2 atom stereocenters. The Bertz CT molecular complexity index is 1320. The Balaban J connectivity index is 1.35. The monoisotopic (exact) mass is 469 g/mol. The molecule has 2 aromatic carbocycles. The maximum atomic E-state index is 13.3. The van der Waals surface area contributed by atoms with E-state index in [-0.39, 0.29) is 12.1 Å². The van der Waals surface area contributed by atoms with Crippen molar-refractivity contribution in [3.63, 3.8) is 0 Å². The fourth-order valence-corrected chi connectivity index (χ4v) is 5.08. The molecule has 5 rings (SSSR count). The molecule has 1 aliphatic heterocycles. The molecule has 3 heterocycles. The topological polar surface area (TPSA) is 67.1 Å². The summed E-state index contributed by atoms with van der Waals surface area (Å²) >= 11 is 0. The van der Waals surface area contributed by atoms with Crippen molar-refractivity contribution in [1.29, 1.82) is 0 Å². The zero-order valence-corrected chi connectivity index (χ0v) is 20.4. The molecule has 1 fully saturated rings. The molecule has 1 aliphatic rings. The third kappa shape index (κ3) is 4.66. The molecular weight excluding hydrogens is 438 g/mol. The van der Waals surface area contributed by atoms with Crippen LogP contribution in [0.4, 0.5) is 4.79 Å². The summed E-state index contributed by atoms with van der Waals surface area (Å²) in [5, 5.41) is 15.3. The number of aliphatic hydroxyl groups is 1. The smallest absolute Gasteiger partial charge is 0.411 e. The summed E-state index contributed by atoms with van der Waals surface area (Å²) in [6.45, 7) is 6.07. The van der Waals surface area contributed by atoms with Crippen LogP contribution < -0.4 is 0 Å². The van der Waals surface area contributed by atoms with Crippen LogP contribution in [0.25, 0.3) is 16.8 Å². The van der Waals surface area contributed by atoms with Crippen LogP contribution in [-0.2, 0) is 10.3 Å². The third-order valence-corrected chi connectivity index (χ3v) is 6.83. The van der Waals surface area contributed by atoms with Gasteiger partial charge in [-0.3, -0.25) is 0 Å². The molecule has 0 aliphatic carbocycles. The molecular formula is C29H31N3O3. The van der Waals surface area contributed by atoms with Crippen LogP contribution in [0.3, 0.4) is 0 Å². The van der Waals surface area contributed by atoms with Gasteiger partial charge < -0.3 is 14.7 Å². The molecule has 1 saturated heterocycles. The minimum Gasteiger partial charge on any atom is -0.438 e. The molecule has 0 saturated carbocycles. The quantitative estimate of drug-likeness (QED) is 0.378. The first-order chi connectivity index (χ1) is 16.7. The zero-order chi connectivity index (χ0) is 24.6. The van der Waals surface area contributed by atoms with E-state index in [9.17, 15) is 9.90 Å². The van der Waals surface area contributed by atoms with E-state index in [1.807, 2.05) is 90.4 Å². The Kier molecular flexibility index (Phi) is 5.85. The first kappa shape index (κ1) is 23.1. The molecule has 0 radical (unpaired) electrons. The van der Waals surface area contributed by atoms with Crippen molar-refractivity contribution in [1.82, 2.24) is 14.5 Å². The van der Waals surface area contributed by atoms with Crippen LogP contribution in [0.2, 0.25) is 0 Å². The molecule has 2 aromatic heterocycles. The number of hydrogen-bond acceptors (Lipinski definition) is 4. The Labute approximate surface area is 205 Å². The highest BCUT2D eigenvalue weighted by Gasteiger charge is 2.46. The number of rotatable bonds is 6. The average molecular weight is 470 g/mol. The van der Waals surface area contributed by atoms with Crippen molar-refractivity contribution >= 4 is 11.6 Å². The van der Waals surface area contributed by atoms with E-state index < -0.39 is 11.2 Å². The second kappa shape index (κ2) is 8.86. The van der Waals surface area contributed by atoms with Crippen molar-refractivity contribution in [2.24, 2.45) is 0 Å². The maximum Gasteiger partial charge on any atom is 0.411 e. The summed E-state index contributed by atoms with van der Waals surface area (Å²) in [5.41, 5.74) is 3.09. The number of aromatic nitrogens is 2. The number of carbonyl (C=O) groups excluding carboxylic acids is 1. The van der Waals surface area contributed by atoms with E-state index in [0.717, 1.165) is 27.9 Å². The van der Waals surface area contributed by atoms with E-state index in [1.165, 1.54) is 0 Å². The van der Waals surface area contributed by atoms with Gasteiger partial charge in [0.05, 0.1) is 22.9 Å². The highest BCUT2D eigenvalue weighted by atomic mass is 16.6. The minimum absolute atomic E-state index is 0.146. The van der Waals surface area contributed by atoms with Gasteiger partial charge in [-0.15, -0.1) is 0 Å². The number of cyclic esters (lactones) is 1. The number of amides is 1. The number of ether oxygens (including phenoxy) is 1. The summed E-state index contributed by atoms with van der Waals surface area (Å²) in [6.07, 6.45) is 2.52. The van der Waals surface area contributed by atoms with Gasteiger partial charge in [0.15, 0.2) is 0 Å². The second-order valence-corrected chi connectivity index (χ2v) is 10.1. The lowest BCUT2D eigenvalue weighted by atomic mass is 9.80. The van der Waals surface area contributed by atoms with E-state index in [0.29, 0.717) is 19.4 Å². The Morgan fingerprint density at radius 3 is 2.46 bits per heavy atom. The molecule has 180 valence electrons. The maximum absolute atomic E-state index is 13.3. The van der Waals surface area contributed by atoms with Gasteiger partial charge in [0.2, 0.25) is 0 Å². The van der Waals surface area contributed by atoms with Gasteiger partial charge in [-0.05, 0) is 56.2 Å². The number of nitrogens with zero attached hydrogens (tertiary/aromatic N) is 3. The van der Waals surface area contributed by atoms with Gasteiger partial charge in [-0.2, -0.15) is 5.10 Å². The van der Waals surface area contributed by atoms with Crippen molar-refractivity contribution in [2.45, 2.75) is 50.9 Å². The Morgan fingerprint density at radius 2 is 1.77 bits per heavy atom. The Morgan fingerprint density at radius 1 is 1.03 bits per heavy atom. The molecule has 1 amide bonds. The van der Waals surface area contributed by atoms with E-state index in [1.54, 1.807) is 18.7 Å². The van der Waals surface area contributed by atoms with Crippen LogP contribution in [0.5, 0.6) is 0 Å². The molecule has 0 bridgehead atoms. The van der Waals surface area contributed by atoms with E-state index in [2.05, 4.69) is 11.2 Å². The first-order valence-electron chi connectivity index (χ1n) is 12.1. The highest BCUT2D eigenvalue weighted by Crippen LogP contribution is 2.42. The Hall–Kier alpha value is -3.64. The van der Waals surface area contributed by atoms with Crippen LogP contribution >= 0.6 is 0 Å². The zero-order valence-electron chi connectivity index (χ0n) is 20.4. The second-order valence-electron chi connectivity index (χ2n) is 10.1. The van der Waals surface area contributed by atoms with Gasteiger partial charge in [0.1, 0.15) is 5.60 Å². The lowest BCUT2D eigenvalue weighted by molar-refractivity contribution is -0.101. The normalized spacial score (nSPS) is 19.5. The number of hydrogen-bond donors (Lipinski definition) is 1. The summed E-state index contributed by atoms with van der Waals surface area (Å²) in [7, 11) is 0. The standard InChI is InChI=1S/C29H31N3O3/c1-21(22-11-13-23(14-12-22)26-16-15-25-10-7-18-32(25)30-26)31-19-17-29(35-27(31)33,20-28(2,3)34)24-8-5-4-6-9-24/h4-16,18,21,34H,17,19-20H2,1-3H3/t21-,29-/m0/s1. The van der Waals surface area contributed by atoms with Crippen LogP contribution in [-0.4, -0.2) is 37.9 Å². The number of carbonyl (C=O) groups is 1. The lowest BCUT2D eigenvalue weighted by Crippen LogP contribution is -2.51. The van der Waals surface area contributed by atoms with E-state index >= 15 is 0 Å². The van der Waals surface area contributed by atoms with Gasteiger partial charge >= 0.3 is 6.09 Å². The van der Waals surface area contributed by atoms with Crippen molar-refractivity contribution in [3.05, 3.63) is 96.2 Å². The van der Waals surface area contributed by atoms with Gasteiger partial charge in [-0.25, -0.2) is 9.31 Å². The SMILES string of the molecule is C[C@@H](c1ccc(-c2ccc3cccn3n2)cc1)N1CC[C@](CC(C)(C)O)(c2ccccc2)OC1=O. The largest absolute Gasteiger partial charge is 0.438 e. The number of fused-ring (bicyclic) bond motifs is 1. The molecule has 6 heteroatoms. The fraction of sp³-hybridized carbons (Fsp3) is 0.310. The average Bonchev–Trinajstić information content (AvgIpc) is 3.31. The van der Waals surface area contributed by atoms with Crippen molar-refractivity contribution in [2.75, 3.05) is 6.54 Å². The lowest BCUT2D eigenvalue weighted by Gasteiger charge is -2.45. The fourth-order valence-electron chi connectivity index (χ4n) is 5.08. The highest BCUT2D eigenvalue weighted by molar-refractivity contribution is 5.70. The molecule has 0 unspecified atom stereocenters. The van der Waals surface area contributed by atoms with Crippen LogP contribution in [0.15, 0.2) is 85.1 Å². The summed E-state index contributed by atoms with van der Waals surface area (Å²) in [5.74, 6) is 0. The molecule has 1 N–H and O–H groups in total. The van der Waals surface area contributed by atoms with E-state index in [4.69, 9.17) is 4.74 Å². The third-order valence-electron chi connectivity index (χ3n) is 6.83. The molecule has 4 aromatic rings. The van der Waals surface area contributed by atoms with Crippen molar-refractivity contribution < 1.29 is 14.6 Å². The predicted octanol–water partition coefficient (Wildman–Crippen LogP) is 5.96. The molecule has 35 heavy (non-hydrogen) atoms. The van der Waals surface area contributed by atoms with Crippen LogP contribution in [0, 0.1) is 0 Å². The molecule has 6 nitrogen and oxygen atoms in total. The van der Waals surface area contributed by atoms with Crippen molar-refractivity contribution in [3.8, 4) is 11.3 Å².